The van der Waals surface area contributed by atoms with Crippen LogP contribution in [0.15, 0.2) is 48.7 Å². The molecule has 35 heavy (non-hydrogen) atoms. The number of halogens is 1. The molecule has 5 rings (SSSR count). The molecule has 1 aromatic heterocycles. The molecule has 3 aromatic rings. The van der Waals surface area contributed by atoms with Crippen LogP contribution in [-0.2, 0) is 11.2 Å². The second kappa shape index (κ2) is 10.0. The van der Waals surface area contributed by atoms with Gasteiger partial charge in [-0.1, -0.05) is 12.1 Å². The highest BCUT2D eigenvalue weighted by molar-refractivity contribution is 6.43. The molecule has 182 valence electrons. The lowest BCUT2D eigenvalue weighted by molar-refractivity contribution is -0.127. The molecule has 6 nitrogen and oxygen atoms in total. The van der Waals surface area contributed by atoms with Gasteiger partial charge in [0.05, 0.1) is 5.56 Å². The van der Waals surface area contributed by atoms with Crippen molar-refractivity contribution in [2.24, 2.45) is 5.92 Å². The van der Waals surface area contributed by atoms with E-state index >= 15 is 0 Å². The van der Waals surface area contributed by atoms with Crippen molar-refractivity contribution < 1.29 is 18.8 Å². The molecular weight excluding hydrogens is 445 g/mol. The molecule has 0 atom stereocenters. The van der Waals surface area contributed by atoms with E-state index < -0.39 is 11.7 Å². The number of Topliss-reactive ketones (excluding diaryl/α,β-unsaturated/α-hetero) is 1. The van der Waals surface area contributed by atoms with Crippen LogP contribution in [0.4, 0.5) is 4.39 Å². The number of ketones is 1. The monoisotopic (exact) mass is 475 g/mol. The Hall–Kier alpha value is -3.48. The van der Waals surface area contributed by atoms with Crippen LogP contribution >= 0.6 is 0 Å². The van der Waals surface area contributed by atoms with Crippen LogP contribution < -0.4 is 0 Å². The van der Waals surface area contributed by atoms with Crippen LogP contribution in [0.25, 0.3) is 10.9 Å². The molecule has 0 unspecified atom stereocenters. The largest absolute Gasteiger partial charge is 0.360 e. The fraction of sp³-hybridized carbons (Fsp3) is 0.393. The highest BCUT2D eigenvalue weighted by atomic mass is 19.1. The lowest BCUT2D eigenvalue weighted by Crippen LogP contribution is -2.40. The highest BCUT2D eigenvalue weighted by Crippen LogP contribution is 2.26. The summed E-state index contributed by atoms with van der Waals surface area (Å²) in [6, 6.07) is 11.7. The summed E-state index contributed by atoms with van der Waals surface area (Å²) < 4.78 is 13.2. The molecule has 2 fully saturated rings. The number of carbonyl (C=O) groups is 3. The number of carbonyl (C=O) groups excluding carboxylic acids is 3. The van der Waals surface area contributed by atoms with Crippen LogP contribution in [-0.4, -0.2) is 58.6 Å². The average Bonchev–Trinajstić information content (AvgIpc) is 3.33. The number of rotatable bonds is 5. The summed E-state index contributed by atoms with van der Waals surface area (Å²) in [4.78, 5) is 45.5. The third kappa shape index (κ3) is 4.99. The van der Waals surface area contributed by atoms with Gasteiger partial charge >= 0.3 is 0 Å². The number of benzene rings is 2. The first-order chi connectivity index (χ1) is 17.0. The molecule has 0 saturated carbocycles. The van der Waals surface area contributed by atoms with Crippen molar-refractivity contribution in [2.75, 3.05) is 26.2 Å². The van der Waals surface area contributed by atoms with Crippen molar-refractivity contribution in [2.45, 2.75) is 38.5 Å². The minimum atomic E-state index is -0.519. The van der Waals surface area contributed by atoms with Gasteiger partial charge in [-0.2, -0.15) is 0 Å². The lowest BCUT2D eigenvalue weighted by atomic mass is 9.90. The van der Waals surface area contributed by atoms with E-state index in [9.17, 15) is 18.8 Å². The summed E-state index contributed by atoms with van der Waals surface area (Å²) in [7, 11) is 0. The first-order valence-corrected chi connectivity index (χ1v) is 12.5. The van der Waals surface area contributed by atoms with Gasteiger partial charge < -0.3 is 14.8 Å². The number of aromatic amines is 1. The van der Waals surface area contributed by atoms with Crippen LogP contribution in [0.3, 0.4) is 0 Å². The molecule has 0 aliphatic carbocycles. The zero-order chi connectivity index (χ0) is 24.4. The van der Waals surface area contributed by atoms with Gasteiger partial charge in [-0.25, -0.2) is 4.39 Å². The summed E-state index contributed by atoms with van der Waals surface area (Å²) in [5.41, 5.74) is 2.72. The maximum Gasteiger partial charge on any atom is 0.294 e. The van der Waals surface area contributed by atoms with E-state index in [1.807, 2.05) is 17.0 Å². The number of fused-ring (bicyclic) bond motifs is 1. The van der Waals surface area contributed by atoms with Crippen molar-refractivity contribution in [1.29, 1.82) is 0 Å². The van der Waals surface area contributed by atoms with Gasteiger partial charge in [0, 0.05) is 48.8 Å². The SMILES string of the molecule is O=C(C(=O)N1CCCCC1)c1ccc2[nH]cc(C(=O)N3CCC(Cc4ccc(F)cc4)CC3)c2c1. The Kier molecular flexibility index (Phi) is 6.66. The van der Waals surface area contributed by atoms with Crippen molar-refractivity contribution in [3.63, 3.8) is 0 Å². The maximum absolute atomic E-state index is 13.3. The quantitative estimate of drug-likeness (QED) is 0.433. The molecule has 7 heteroatoms. The van der Waals surface area contributed by atoms with Crippen molar-refractivity contribution in [3.05, 3.63) is 71.2 Å². The summed E-state index contributed by atoms with van der Waals surface area (Å²) in [5, 5.41) is 0.667. The minimum Gasteiger partial charge on any atom is -0.360 e. The first-order valence-electron chi connectivity index (χ1n) is 12.5. The molecule has 3 heterocycles. The minimum absolute atomic E-state index is 0.0663. The standard InChI is InChI=1S/C28H30FN3O3/c29-22-7-4-19(5-8-22)16-20-10-14-32(15-11-20)27(34)24-18-30-25-9-6-21(17-23(24)25)26(33)28(35)31-12-2-1-3-13-31/h4-9,17-18,20,30H,1-3,10-16H2. The number of hydrogen-bond donors (Lipinski definition) is 1. The van der Waals surface area contributed by atoms with E-state index in [-0.39, 0.29) is 11.7 Å². The van der Waals surface area contributed by atoms with E-state index in [4.69, 9.17) is 0 Å². The fourth-order valence-electron chi connectivity index (χ4n) is 5.27. The number of piperidine rings is 2. The van der Waals surface area contributed by atoms with Crippen molar-refractivity contribution in [3.8, 4) is 0 Å². The number of hydrogen-bond acceptors (Lipinski definition) is 3. The third-order valence-electron chi connectivity index (χ3n) is 7.35. The second-order valence-corrected chi connectivity index (χ2v) is 9.71. The van der Waals surface area contributed by atoms with E-state index in [1.54, 1.807) is 29.3 Å². The summed E-state index contributed by atoms with van der Waals surface area (Å²) in [6.45, 7) is 2.56. The molecule has 2 aromatic carbocycles. The Morgan fingerprint density at radius 3 is 2.31 bits per heavy atom. The molecule has 2 saturated heterocycles. The van der Waals surface area contributed by atoms with Crippen LogP contribution in [0.5, 0.6) is 0 Å². The normalized spacial score (nSPS) is 17.1. The molecule has 0 radical (unpaired) electrons. The number of likely N-dealkylation sites (tertiary alicyclic amines) is 2. The Bertz CT molecular complexity index is 1240. The number of nitrogens with one attached hydrogen (secondary N) is 1. The summed E-state index contributed by atoms with van der Waals surface area (Å²) >= 11 is 0. The first kappa shape index (κ1) is 23.3. The van der Waals surface area contributed by atoms with Gasteiger partial charge in [-0.3, -0.25) is 14.4 Å². The Labute approximate surface area is 204 Å². The third-order valence-corrected chi connectivity index (χ3v) is 7.35. The van der Waals surface area contributed by atoms with E-state index in [1.165, 1.54) is 12.1 Å². The number of amides is 2. The zero-order valence-corrected chi connectivity index (χ0v) is 19.8. The fourth-order valence-corrected chi connectivity index (χ4v) is 5.27. The van der Waals surface area contributed by atoms with E-state index in [2.05, 4.69) is 4.98 Å². The summed E-state index contributed by atoms with van der Waals surface area (Å²) in [5.74, 6) is -0.819. The number of H-pyrrole nitrogens is 1. The van der Waals surface area contributed by atoms with Gasteiger partial charge in [-0.05, 0) is 80.3 Å². The molecule has 2 amide bonds. The van der Waals surface area contributed by atoms with Crippen LogP contribution in [0, 0.1) is 11.7 Å². The van der Waals surface area contributed by atoms with Gasteiger partial charge in [0.1, 0.15) is 5.82 Å². The number of nitrogens with zero attached hydrogens (tertiary/aromatic N) is 2. The predicted octanol–water partition coefficient (Wildman–Crippen LogP) is 4.60. The van der Waals surface area contributed by atoms with Crippen molar-refractivity contribution in [1.82, 2.24) is 14.8 Å². The molecule has 0 bridgehead atoms. The van der Waals surface area contributed by atoms with Crippen LogP contribution in [0.1, 0.15) is 58.4 Å². The van der Waals surface area contributed by atoms with Gasteiger partial charge in [0.2, 0.25) is 5.78 Å². The van der Waals surface area contributed by atoms with E-state index in [0.717, 1.165) is 49.6 Å². The van der Waals surface area contributed by atoms with E-state index in [0.29, 0.717) is 48.6 Å². The molecular formula is C28H30FN3O3. The topological polar surface area (TPSA) is 73.5 Å². The smallest absolute Gasteiger partial charge is 0.294 e. The Morgan fingerprint density at radius 1 is 0.886 bits per heavy atom. The Morgan fingerprint density at radius 2 is 1.60 bits per heavy atom. The molecule has 0 spiro atoms. The van der Waals surface area contributed by atoms with Gasteiger partial charge in [0.15, 0.2) is 0 Å². The highest BCUT2D eigenvalue weighted by Gasteiger charge is 2.27. The maximum atomic E-state index is 13.3. The van der Waals surface area contributed by atoms with Gasteiger partial charge in [0.25, 0.3) is 11.8 Å². The van der Waals surface area contributed by atoms with Crippen molar-refractivity contribution >= 4 is 28.5 Å². The molecule has 2 aliphatic rings. The second-order valence-electron chi connectivity index (χ2n) is 9.71. The van der Waals surface area contributed by atoms with Gasteiger partial charge in [-0.15, -0.1) is 0 Å². The Balaban J connectivity index is 1.26. The predicted molar refractivity (Wildman–Crippen MR) is 132 cm³/mol. The summed E-state index contributed by atoms with van der Waals surface area (Å²) in [6.07, 6.45) is 7.29. The average molecular weight is 476 g/mol. The number of aromatic nitrogens is 1. The zero-order valence-electron chi connectivity index (χ0n) is 19.8. The van der Waals surface area contributed by atoms with Crippen LogP contribution in [0.2, 0.25) is 0 Å². The molecule has 2 aliphatic heterocycles. The lowest BCUT2D eigenvalue weighted by Gasteiger charge is -2.32. The molecule has 1 N–H and O–H groups in total.